The van der Waals surface area contributed by atoms with Crippen LogP contribution in [0.1, 0.15) is 6.92 Å². The third-order valence-corrected chi connectivity index (χ3v) is 0.877. The number of imidazole rings is 1. The maximum Gasteiger partial charge on any atom is 0.322 e. The summed E-state index contributed by atoms with van der Waals surface area (Å²) in [5.74, 6) is 0. The predicted molar refractivity (Wildman–Crippen MR) is 28.9 cm³/mol. The van der Waals surface area contributed by atoms with Crippen LogP contribution >= 0.6 is 0 Å². The highest BCUT2D eigenvalue weighted by molar-refractivity contribution is 4.58. The molecule has 0 fully saturated rings. The van der Waals surface area contributed by atoms with E-state index in [1.807, 2.05) is 6.92 Å². The van der Waals surface area contributed by atoms with E-state index >= 15 is 0 Å². The van der Waals surface area contributed by atoms with Gasteiger partial charge < -0.3 is 10.0 Å². The molecule has 0 aliphatic carbocycles. The average Bonchev–Trinajstić information content (AvgIpc) is 2.17. The molecule has 1 rings (SSSR count). The first-order chi connectivity index (χ1) is 4.33. The van der Waals surface area contributed by atoms with E-state index in [9.17, 15) is 0 Å². The topological polar surface area (TPSA) is 38.3 Å². The summed E-state index contributed by atoms with van der Waals surface area (Å²) < 4.78 is 2.36. The van der Waals surface area contributed by atoms with Crippen LogP contribution in [-0.4, -0.2) is 16.5 Å². The minimum absolute atomic E-state index is 0.592. The van der Waals surface area contributed by atoms with Gasteiger partial charge in [-0.15, -0.1) is 0 Å². The van der Waals surface area contributed by atoms with Crippen molar-refractivity contribution >= 4 is 0 Å². The molecule has 4 nitrogen and oxygen atoms in total. The van der Waals surface area contributed by atoms with Crippen LogP contribution in [0.2, 0.25) is 0 Å². The molecule has 0 saturated heterocycles. The van der Waals surface area contributed by atoms with Gasteiger partial charge in [-0.05, 0) is 11.7 Å². The summed E-state index contributed by atoms with van der Waals surface area (Å²) in [6.45, 7) is 2.47. The molecular weight excluding hydrogens is 120 g/mol. The van der Waals surface area contributed by atoms with Gasteiger partial charge in [0.05, 0.1) is 0 Å². The Balaban J connectivity index is 2.61. The van der Waals surface area contributed by atoms with E-state index in [-0.39, 0.29) is 0 Å². The maximum absolute atomic E-state index is 8.70. The first-order valence-electron chi connectivity index (χ1n) is 2.74. The molecule has 0 amide bonds. The van der Waals surface area contributed by atoms with Gasteiger partial charge in [-0.1, -0.05) is 4.73 Å². The summed E-state index contributed by atoms with van der Waals surface area (Å²) in [6.07, 6.45) is 4.52. The van der Waals surface area contributed by atoms with Crippen LogP contribution in [0.3, 0.4) is 0 Å². The van der Waals surface area contributed by atoms with Gasteiger partial charge in [0.2, 0.25) is 0 Å². The third-order valence-electron chi connectivity index (χ3n) is 0.877. The van der Waals surface area contributed by atoms with Crippen molar-refractivity contribution in [2.75, 3.05) is 6.61 Å². The molecule has 4 heteroatoms. The van der Waals surface area contributed by atoms with Crippen LogP contribution in [0.5, 0.6) is 0 Å². The second-order valence-corrected chi connectivity index (χ2v) is 1.57. The van der Waals surface area contributed by atoms with Crippen molar-refractivity contribution in [1.29, 1.82) is 0 Å². The lowest BCUT2D eigenvalue weighted by Crippen LogP contribution is -2.26. The summed E-state index contributed by atoms with van der Waals surface area (Å²) in [5.41, 5.74) is 0. The molecule has 9 heavy (non-hydrogen) atoms. The summed E-state index contributed by atoms with van der Waals surface area (Å²) in [7, 11) is 0. The number of hydrogen-bond donors (Lipinski definition) is 1. The van der Waals surface area contributed by atoms with Crippen LogP contribution in [0.4, 0.5) is 0 Å². The molecule has 0 spiro atoms. The molecule has 0 atom stereocenters. The van der Waals surface area contributed by atoms with E-state index in [0.717, 1.165) is 4.73 Å². The van der Waals surface area contributed by atoms with Gasteiger partial charge in [0.25, 0.3) is 0 Å². The smallest absolute Gasteiger partial charge is 0.322 e. The summed E-state index contributed by atoms with van der Waals surface area (Å²) in [4.78, 5) is 4.96. The molecule has 0 aliphatic rings. The highest BCUT2D eigenvalue weighted by atomic mass is 16.7. The Labute approximate surface area is 52.8 Å². The molecule has 50 valence electrons. The maximum atomic E-state index is 8.70. The summed E-state index contributed by atoms with van der Waals surface area (Å²) >= 11 is 0. The summed E-state index contributed by atoms with van der Waals surface area (Å²) in [6, 6.07) is 0. The van der Waals surface area contributed by atoms with E-state index in [0.29, 0.717) is 6.61 Å². The Bertz CT molecular complexity index is 185. The fourth-order valence-electron chi connectivity index (χ4n) is 0.553. The first kappa shape index (κ1) is 5.94. The third kappa shape index (κ3) is 1.35. The quantitative estimate of drug-likeness (QED) is 0.430. The molecule has 0 aromatic carbocycles. The first-order valence-corrected chi connectivity index (χ1v) is 2.74. The molecule has 1 heterocycles. The number of nitrogens with zero attached hydrogens (tertiary/aromatic N) is 2. The highest BCUT2D eigenvalue weighted by Crippen LogP contribution is 1.75. The van der Waals surface area contributed by atoms with Gasteiger partial charge in [0.1, 0.15) is 6.61 Å². The standard InChI is InChI=1S/C5H9N2O2/c1-2-9-7-4-3-6(8)5-7/h3-5,8H,2H2,1H3/q+1. The van der Waals surface area contributed by atoms with Gasteiger partial charge in [-0.25, -0.2) is 0 Å². The van der Waals surface area contributed by atoms with Gasteiger partial charge in [0.15, 0.2) is 12.4 Å². The van der Waals surface area contributed by atoms with Crippen LogP contribution in [-0.2, 0) is 0 Å². The Morgan fingerprint density at radius 2 is 2.56 bits per heavy atom. The van der Waals surface area contributed by atoms with Crippen molar-refractivity contribution in [2.24, 2.45) is 0 Å². The van der Waals surface area contributed by atoms with Gasteiger partial charge in [-0.3, -0.25) is 0 Å². The normalized spacial score (nSPS) is 9.44. The molecular formula is C5H9N2O2+. The molecule has 0 bridgehead atoms. The fourth-order valence-corrected chi connectivity index (χ4v) is 0.553. The van der Waals surface area contributed by atoms with Crippen LogP contribution < -0.4 is 9.57 Å². The van der Waals surface area contributed by atoms with Crippen molar-refractivity contribution in [3.05, 3.63) is 18.7 Å². The predicted octanol–water partition coefficient (Wildman–Crippen LogP) is -0.539. The Kier molecular flexibility index (Phi) is 1.58. The lowest BCUT2D eigenvalue weighted by Gasteiger charge is -1.89. The van der Waals surface area contributed by atoms with Gasteiger partial charge in [0, 0.05) is 0 Å². The zero-order valence-corrected chi connectivity index (χ0v) is 5.19. The minimum Gasteiger partial charge on any atom is -0.350 e. The second kappa shape index (κ2) is 2.39. The largest absolute Gasteiger partial charge is 0.350 e. The van der Waals surface area contributed by atoms with Crippen molar-refractivity contribution in [3.8, 4) is 0 Å². The molecule has 0 unspecified atom stereocenters. The number of hydrogen-bond acceptors (Lipinski definition) is 2. The number of rotatable bonds is 2. The van der Waals surface area contributed by atoms with Crippen molar-refractivity contribution < 1.29 is 14.8 Å². The summed E-state index contributed by atoms with van der Waals surface area (Å²) in [5, 5.41) is 8.70. The van der Waals surface area contributed by atoms with Crippen molar-refractivity contribution in [2.45, 2.75) is 6.92 Å². The van der Waals surface area contributed by atoms with Gasteiger partial charge >= 0.3 is 6.33 Å². The highest BCUT2D eigenvalue weighted by Gasteiger charge is 1.98. The Hall–Kier alpha value is -1.19. The molecule has 1 N–H and O–H groups in total. The van der Waals surface area contributed by atoms with Crippen LogP contribution in [0.15, 0.2) is 18.7 Å². The Morgan fingerprint density at radius 3 is 3.00 bits per heavy atom. The second-order valence-electron chi connectivity index (χ2n) is 1.57. The van der Waals surface area contributed by atoms with Gasteiger partial charge in [-0.2, -0.15) is 0 Å². The van der Waals surface area contributed by atoms with Crippen molar-refractivity contribution in [1.82, 2.24) is 4.73 Å². The zero-order valence-electron chi connectivity index (χ0n) is 5.19. The molecule has 0 aliphatic heterocycles. The molecule has 0 radical (unpaired) electrons. The lowest BCUT2D eigenvalue weighted by molar-refractivity contribution is -0.904. The minimum atomic E-state index is 0.592. The van der Waals surface area contributed by atoms with E-state index < -0.39 is 0 Å². The average molecular weight is 129 g/mol. The molecule has 0 saturated carbocycles. The fraction of sp³-hybridized carbons (Fsp3) is 0.400. The zero-order chi connectivity index (χ0) is 6.69. The SMILES string of the molecule is CCOn1cc[n+](O)c1. The van der Waals surface area contributed by atoms with E-state index in [4.69, 9.17) is 10.0 Å². The molecule has 1 aromatic heterocycles. The lowest BCUT2D eigenvalue weighted by atomic mass is 10.9. The number of aromatic nitrogens is 2. The van der Waals surface area contributed by atoms with E-state index in [1.54, 1.807) is 6.20 Å². The van der Waals surface area contributed by atoms with E-state index in [1.165, 1.54) is 17.3 Å². The van der Waals surface area contributed by atoms with Crippen LogP contribution in [0.25, 0.3) is 0 Å². The van der Waals surface area contributed by atoms with E-state index in [2.05, 4.69) is 0 Å². The monoisotopic (exact) mass is 129 g/mol. The van der Waals surface area contributed by atoms with Crippen molar-refractivity contribution in [3.63, 3.8) is 0 Å². The molecule has 1 aromatic rings. The van der Waals surface area contributed by atoms with Crippen LogP contribution in [0, 0.1) is 0 Å². The Morgan fingerprint density at radius 1 is 1.78 bits per heavy atom.